The number of carbonyl (C=O) groups is 1. The summed E-state index contributed by atoms with van der Waals surface area (Å²) >= 11 is 0. The minimum Gasteiger partial charge on any atom is -0.480 e. The van der Waals surface area contributed by atoms with Crippen LogP contribution in [0.4, 0.5) is 0 Å². The van der Waals surface area contributed by atoms with Crippen molar-refractivity contribution in [3.63, 3.8) is 0 Å². The van der Waals surface area contributed by atoms with Gasteiger partial charge in [0.05, 0.1) is 0 Å². The molecule has 108 valence electrons. The maximum absolute atomic E-state index is 11.5. The van der Waals surface area contributed by atoms with E-state index in [1.807, 2.05) is 0 Å². The smallest absolute Gasteiger partial charge is 0.325 e. The molecule has 0 radical (unpaired) electrons. The third-order valence-corrected chi connectivity index (χ3v) is 5.42. The van der Waals surface area contributed by atoms with E-state index in [-0.39, 0.29) is 5.92 Å². The van der Waals surface area contributed by atoms with E-state index >= 15 is 0 Å². The first-order valence-corrected chi connectivity index (χ1v) is 7.47. The van der Waals surface area contributed by atoms with E-state index in [0.717, 1.165) is 32.4 Å². The molecular formula is C14H25N3O2. The molecule has 1 saturated carbocycles. The predicted molar refractivity (Wildman–Crippen MR) is 72.9 cm³/mol. The van der Waals surface area contributed by atoms with Crippen molar-refractivity contribution >= 4 is 5.97 Å². The van der Waals surface area contributed by atoms with E-state index in [9.17, 15) is 9.90 Å². The summed E-state index contributed by atoms with van der Waals surface area (Å²) in [6.45, 7) is 2.49. The fraction of sp³-hybridized carbons (Fsp3) is 0.929. The summed E-state index contributed by atoms with van der Waals surface area (Å²) in [6, 6.07) is 1.28. The van der Waals surface area contributed by atoms with Crippen molar-refractivity contribution in [1.29, 1.82) is 0 Å². The average Bonchev–Trinajstić information content (AvgIpc) is 3.12. The lowest BCUT2D eigenvalue weighted by Gasteiger charge is -2.33. The number of fused-ring (bicyclic) bond motifs is 2. The number of likely N-dealkylation sites (tertiary alicyclic amines) is 1. The molecule has 3 aliphatic rings. The number of carboxylic acid groups (broad SMARTS) is 1. The van der Waals surface area contributed by atoms with Gasteiger partial charge in [-0.3, -0.25) is 14.6 Å². The van der Waals surface area contributed by atoms with Crippen LogP contribution in [-0.4, -0.2) is 65.2 Å². The van der Waals surface area contributed by atoms with E-state index in [4.69, 9.17) is 5.73 Å². The second-order valence-electron chi connectivity index (χ2n) is 6.69. The van der Waals surface area contributed by atoms with Crippen molar-refractivity contribution in [1.82, 2.24) is 9.80 Å². The molecule has 3 rings (SSSR count). The van der Waals surface area contributed by atoms with Gasteiger partial charge in [-0.15, -0.1) is 0 Å². The molecule has 2 saturated heterocycles. The summed E-state index contributed by atoms with van der Waals surface area (Å²) in [5, 5.41) is 9.47. The molecule has 0 amide bonds. The van der Waals surface area contributed by atoms with Gasteiger partial charge in [0.1, 0.15) is 5.54 Å². The lowest BCUT2D eigenvalue weighted by atomic mass is 9.93. The summed E-state index contributed by atoms with van der Waals surface area (Å²) in [5.74, 6) is -0.638. The molecule has 5 heteroatoms. The van der Waals surface area contributed by atoms with Crippen LogP contribution in [0.25, 0.3) is 0 Å². The molecule has 2 bridgehead atoms. The Bertz CT molecular complexity index is 372. The van der Waals surface area contributed by atoms with Crippen molar-refractivity contribution in [2.24, 2.45) is 11.7 Å². The van der Waals surface area contributed by atoms with Gasteiger partial charge in [0.15, 0.2) is 0 Å². The van der Waals surface area contributed by atoms with Crippen LogP contribution in [0, 0.1) is 5.92 Å². The summed E-state index contributed by atoms with van der Waals surface area (Å²) in [4.78, 5) is 16.3. The molecule has 0 aromatic carbocycles. The number of nitrogens with two attached hydrogens (primary N) is 1. The number of carboxylic acids is 1. The zero-order chi connectivity index (χ0) is 13.6. The number of rotatable bonds is 4. The van der Waals surface area contributed by atoms with E-state index < -0.39 is 11.5 Å². The third kappa shape index (κ3) is 2.39. The Balaban J connectivity index is 1.68. The molecule has 0 aromatic heterocycles. The standard InChI is InChI=1S/C14H25N3O2/c1-16-11-4-5-12(16)8-17(7-6-11)9-14(15,13(18)19)10-2-3-10/h10-12H,2-9,15H2,1H3,(H,18,19). The minimum absolute atomic E-state index is 0.183. The van der Waals surface area contributed by atoms with Crippen LogP contribution in [0.15, 0.2) is 0 Å². The Morgan fingerprint density at radius 1 is 1.26 bits per heavy atom. The third-order valence-electron chi connectivity index (χ3n) is 5.42. The molecule has 19 heavy (non-hydrogen) atoms. The van der Waals surface area contributed by atoms with E-state index in [1.165, 1.54) is 12.8 Å². The van der Waals surface area contributed by atoms with Crippen LogP contribution in [0.2, 0.25) is 0 Å². The summed E-state index contributed by atoms with van der Waals surface area (Å²) in [7, 11) is 2.21. The second-order valence-corrected chi connectivity index (χ2v) is 6.69. The van der Waals surface area contributed by atoms with Gasteiger partial charge < -0.3 is 10.8 Å². The van der Waals surface area contributed by atoms with Crippen molar-refractivity contribution in [3.8, 4) is 0 Å². The van der Waals surface area contributed by atoms with Gasteiger partial charge in [-0.1, -0.05) is 0 Å². The molecule has 1 aliphatic carbocycles. The van der Waals surface area contributed by atoms with Crippen LogP contribution in [0.5, 0.6) is 0 Å². The Morgan fingerprint density at radius 3 is 2.58 bits per heavy atom. The van der Waals surface area contributed by atoms with Crippen molar-refractivity contribution in [3.05, 3.63) is 0 Å². The van der Waals surface area contributed by atoms with Crippen molar-refractivity contribution in [2.45, 2.75) is 49.7 Å². The van der Waals surface area contributed by atoms with Crippen LogP contribution >= 0.6 is 0 Å². The molecule has 2 aliphatic heterocycles. The first-order valence-electron chi connectivity index (χ1n) is 7.47. The SMILES string of the molecule is CN1C2CCC1CN(CC(N)(C(=O)O)C1CC1)CC2. The predicted octanol–water partition coefficient (Wildman–Crippen LogP) is 0.347. The highest BCUT2D eigenvalue weighted by atomic mass is 16.4. The molecule has 3 atom stereocenters. The van der Waals surface area contributed by atoms with Gasteiger partial charge in [0.25, 0.3) is 0 Å². The van der Waals surface area contributed by atoms with E-state index in [1.54, 1.807) is 0 Å². The number of hydrogen-bond donors (Lipinski definition) is 2. The normalized spacial score (nSPS) is 35.9. The number of hydrogen-bond acceptors (Lipinski definition) is 4. The molecule has 3 N–H and O–H groups in total. The van der Waals surface area contributed by atoms with Crippen LogP contribution < -0.4 is 5.73 Å². The molecule has 0 spiro atoms. The monoisotopic (exact) mass is 267 g/mol. The Hall–Kier alpha value is -0.650. The molecule has 2 heterocycles. The zero-order valence-electron chi connectivity index (χ0n) is 11.7. The number of aliphatic carboxylic acids is 1. The fourth-order valence-electron chi connectivity index (χ4n) is 3.86. The highest BCUT2D eigenvalue weighted by Gasteiger charge is 2.49. The van der Waals surface area contributed by atoms with Crippen LogP contribution in [-0.2, 0) is 4.79 Å². The van der Waals surface area contributed by atoms with Gasteiger partial charge in [0, 0.05) is 25.2 Å². The summed E-state index contributed by atoms with van der Waals surface area (Å²) < 4.78 is 0. The van der Waals surface area contributed by atoms with Gasteiger partial charge in [-0.2, -0.15) is 0 Å². The van der Waals surface area contributed by atoms with Gasteiger partial charge in [-0.05, 0) is 51.6 Å². The van der Waals surface area contributed by atoms with Crippen LogP contribution in [0.3, 0.4) is 0 Å². The first-order chi connectivity index (χ1) is 9.00. The Kier molecular flexibility index (Phi) is 3.31. The highest BCUT2D eigenvalue weighted by Crippen LogP contribution is 2.39. The first kappa shape index (κ1) is 13.3. The number of nitrogens with zero attached hydrogens (tertiary/aromatic N) is 2. The Morgan fingerprint density at radius 2 is 1.95 bits per heavy atom. The molecule has 5 nitrogen and oxygen atoms in total. The van der Waals surface area contributed by atoms with Crippen LogP contribution in [0.1, 0.15) is 32.1 Å². The average molecular weight is 267 g/mol. The lowest BCUT2D eigenvalue weighted by molar-refractivity contribution is -0.145. The maximum atomic E-state index is 11.5. The molecular weight excluding hydrogens is 242 g/mol. The Labute approximate surface area is 114 Å². The molecule has 0 aromatic rings. The lowest BCUT2D eigenvalue weighted by Crippen LogP contribution is -2.58. The highest BCUT2D eigenvalue weighted by molar-refractivity contribution is 5.79. The van der Waals surface area contributed by atoms with Gasteiger partial charge in [0.2, 0.25) is 0 Å². The van der Waals surface area contributed by atoms with Gasteiger partial charge >= 0.3 is 5.97 Å². The second kappa shape index (κ2) is 4.72. The summed E-state index contributed by atoms with van der Waals surface area (Å²) in [5.41, 5.74) is 5.18. The number of likely N-dealkylation sites (N-methyl/N-ethyl adjacent to an activating group) is 1. The van der Waals surface area contributed by atoms with E-state index in [0.29, 0.717) is 18.6 Å². The molecule has 3 unspecified atom stereocenters. The quantitative estimate of drug-likeness (QED) is 0.769. The van der Waals surface area contributed by atoms with Gasteiger partial charge in [-0.25, -0.2) is 0 Å². The maximum Gasteiger partial charge on any atom is 0.325 e. The van der Waals surface area contributed by atoms with Crippen molar-refractivity contribution in [2.75, 3.05) is 26.7 Å². The topological polar surface area (TPSA) is 69.8 Å². The zero-order valence-corrected chi connectivity index (χ0v) is 11.7. The summed E-state index contributed by atoms with van der Waals surface area (Å²) in [6.07, 6.45) is 5.63. The fourth-order valence-corrected chi connectivity index (χ4v) is 3.86. The van der Waals surface area contributed by atoms with Crippen molar-refractivity contribution < 1.29 is 9.90 Å². The largest absolute Gasteiger partial charge is 0.480 e. The minimum atomic E-state index is -1.03. The molecule has 3 fully saturated rings. The van der Waals surface area contributed by atoms with E-state index in [2.05, 4.69) is 16.8 Å².